The molecular formula is C14H23N3O. The molecule has 0 bridgehead atoms. The molecule has 100 valence electrons. The second kappa shape index (κ2) is 7.13. The number of nitrogens with two attached hydrogens (primary N) is 1. The molecule has 0 aromatic heterocycles. The van der Waals surface area contributed by atoms with Crippen molar-refractivity contribution in [2.45, 2.75) is 25.4 Å². The van der Waals surface area contributed by atoms with Gasteiger partial charge in [0.2, 0.25) is 5.91 Å². The average Bonchev–Trinajstić information content (AvgIpc) is 2.29. The summed E-state index contributed by atoms with van der Waals surface area (Å²) in [5, 5.41) is 2.93. The Labute approximate surface area is 109 Å². The molecule has 1 rings (SSSR count). The Bertz CT molecular complexity index is 363. The minimum absolute atomic E-state index is 0.00720. The first-order valence-corrected chi connectivity index (χ1v) is 6.24. The molecule has 18 heavy (non-hydrogen) atoms. The molecule has 0 fully saturated rings. The minimum Gasteiger partial charge on any atom is -0.354 e. The highest BCUT2D eigenvalue weighted by Crippen LogP contribution is 2.16. The Hall–Kier alpha value is -1.39. The summed E-state index contributed by atoms with van der Waals surface area (Å²) in [4.78, 5) is 13.7. The van der Waals surface area contributed by atoms with Gasteiger partial charge in [0.15, 0.2) is 0 Å². The van der Waals surface area contributed by atoms with Crippen molar-refractivity contribution in [3.05, 3.63) is 35.9 Å². The Morgan fingerprint density at radius 3 is 2.44 bits per heavy atom. The SMILES string of the molecule is CC(N)CC(=O)NCC(c1ccccc1)N(C)C. The van der Waals surface area contributed by atoms with Gasteiger partial charge in [0.05, 0.1) is 6.04 Å². The predicted octanol–water partition coefficient (Wildman–Crippen LogP) is 1.14. The monoisotopic (exact) mass is 249 g/mol. The number of nitrogens with one attached hydrogen (secondary N) is 1. The number of amides is 1. The highest BCUT2D eigenvalue weighted by atomic mass is 16.1. The van der Waals surface area contributed by atoms with E-state index in [1.165, 1.54) is 5.56 Å². The van der Waals surface area contributed by atoms with E-state index >= 15 is 0 Å². The molecule has 0 spiro atoms. The molecule has 0 saturated heterocycles. The number of likely N-dealkylation sites (N-methyl/N-ethyl adjacent to an activating group) is 1. The molecule has 4 heteroatoms. The fraction of sp³-hybridized carbons (Fsp3) is 0.500. The molecule has 3 N–H and O–H groups in total. The van der Waals surface area contributed by atoms with Crippen molar-refractivity contribution in [2.75, 3.05) is 20.6 Å². The molecule has 0 aliphatic rings. The molecule has 0 heterocycles. The Morgan fingerprint density at radius 2 is 1.94 bits per heavy atom. The maximum atomic E-state index is 11.6. The largest absolute Gasteiger partial charge is 0.354 e. The number of nitrogens with zero attached hydrogens (tertiary/aromatic N) is 1. The van der Waals surface area contributed by atoms with Crippen molar-refractivity contribution in [1.29, 1.82) is 0 Å². The van der Waals surface area contributed by atoms with Gasteiger partial charge in [-0.1, -0.05) is 30.3 Å². The molecule has 1 aromatic carbocycles. The van der Waals surface area contributed by atoms with Gasteiger partial charge in [0.25, 0.3) is 0 Å². The normalized spacial score (nSPS) is 14.3. The number of carbonyl (C=O) groups excluding carboxylic acids is 1. The highest BCUT2D eigenvalue weighted by Gasteiger charge is 2.15. The van der Waals surface area contributed by atoms with Gasteiger partial charge in [-0.3, -0.25) is 4.79 Å². The van der Waals surface area contributed by atoms with Crippen LogP contribution in [0.4, 0.5) is 0 Å². The van der Waals surface area contributed by atoms with Crippen molar-refractivity contribution in [2.24, 2.45) is 5.73 Å². The molecule has 0 aliphatic carbocycles. The summed E-state index contributed by atoms with van der Waals surface area (Å²) in [6, 6.07) is 10.2. The van der Waals surface area contributed by atoms with Crippen LogP contribution in [0.25, 0.3) is 0 Å². The van der Waals surface area contributed by atoms with E-state index in [0.29, 0.717) is 13.0 Å². The second-order valence-electron chi connectivity index (χ2n) is 4.88. The van der Waals surface area contributed by atoms with Crippen LogP contribution in [0, 0.1) is 0 Å². The molecule has 2 unspecified atom stereocenters. The van der Waals surface area contributed by atoms with Crippen LogP contribution in [0.2, 0.25) is 0 Å². The fourth-order valence-corrected chi connectivity index (χ4v) is 1.85. The third kappa shape index (κ3) is 4.85. The van der Waals surface area contributed by atoms with Crippen LogP contribution in [0.5, 0.6) is 0 Å². The first-order valence-electron chi connectivity index (χ1n) is 6.24. The molecule has 0 radical (unpaired) electrons. The van der Waals surface area contributed by atoms with Crippen molar-refractivity contribution < 1.29 is 4.79 Å². The van der Waals surface area contributed by atoms with Crippen LogP contribution < -0.4 is 11.1 Å². The summed E-state index contributed by atoms with van der Waals surface area (Å²) in [6.07, 6.45) is 0.370. The van der Waals surface area contributed by atoms with Crippen molar-refractivity contribution in [1.82, 2.24) is 10.2 Å². The third-order valence-corrected chi connectivity index (χ3v) is 2.81. The van der Waals surface area contributed by atoms with Crippen molar-refractivity contribution in [3.8, 4) is 0 Å². The lowest BCUT2D eigenvalue weighted by molar-refractivity contribution is -0.121. The van der Waals surface area contributed by atoms with Gasteiger partial charge in [-0.2, -0.15) is 0 Å². The number of hydrogen-bond donors (Lipinski definition) is 2. The molecule has 0 saturated carbocycles. The standard InChI is InChI=1S/C14H23N3O/c1-11(15)9-14(18)16-10-13(17(2)3)12-7-5-4-6-8-12/h4-8,11,13H,9-10,15H2,1-3H3,(H,16,18). The summed E-state index contributed by atoms with van der Waals surface area (Å²) < 4.78 is 0. The zero-order valence-electron chi connectivity index (χ0n) is 11.4. The van der Waals surface area contributed by atoms with Gasteiger partial charge >= 0.3 is 0 Å². The zero-order valence-corrected chi connectivity index (χ0v) is 11.4. The Morgan fingerprint density at radius 1 is 1.33 bits per heavy atom. The number of hydrogen-bond acceptors (Lipinski definition) is 3. The van der Waals surface area contributed by atoms with E-state index in [-0.39, 0.29) is 18.0 Å². The molecule has 0 aliphatic heterocycles. The van der Waals surface area contributed by atoms with Gasteiger partial charge in [-0.05, 0) is 26.6 Å². The van der Waals surface area contributed by atoms with Crippen molar-refractivity contribution in [3.63, 3.8) is 0 Å². The van der Waals surface area contributed by atoms with Crippen molar-refractivity contribution >= 4 is 5.91 Å². The topological polar surface area (TPSA) is 58.4 Å². The molecule has 4 nitrogen and oxygen atoms in total. The van der Waals surface area contributed by atoms with E-state index < -0.39 is 0 Å². The van der Waals surface area contributed by atoms with Gasteiger partial charge in [-0.15, -0.1) is 0 Å². The second-order valence-corrected chi connectivity index (χ2v) is 4.88. The lowest BCUT2D eigenvalue weighted by atomic mass is 10.1. The molecule has 1 amide bonds. The van der Waals surface area contributed by atoms with Crippen LogP contribution in [0.15, 0.2) is 30.3 Å². The third-order valence-electron chi connectivity index (χ3n) is 2.81. The summed E-state index contributed by atoms with van der Waals surface area (Å²) in [5.41, 5.74) is 6.80. The van der Waals surface area contributed by atoms with Crippen LogP contribution in [0.1, 0.15) is 24.9 Å². The quantitative estimate of drug-likeness (QED) is 0.795. The van der Waals surface area contributed by atoms with E-state index in [0.717, 1.165) is 0 Å². The number of benzene rings is 1. The minimum atomic E-state index is -0.0977. The first-order chi connectivity index (χ1) is 8.50. The van der Waals surface area contributed by atoms with Gasteiger partial charge in [-0.25, -0.2) is 0 Å². The van der Waals surface area contributed by atoms with E-state index in [9.17, 15) is 4.79 Å². The van der Waals surface area contributed by atoms with Crippen LogP contribution in [-0.4, -0.2) is 37.5 Å². The highest BCUT2D eigenvalue weighted by molar-refractivity contribution is 5.76. The van der Waals surface area contributed by atoms with E-state index in [4.69, 9.17) is 5.73 Å². The summed E-state index contributed by atoms with van der Waals surface area (Å²) in [7, 11) is 4.02. The maximum Gasteiger partial charge on any atom is 0.221 e. The Balaban J connectivity index is 2.57. The average molecular weight is 249 g/mol. The lowest BCUT2D eigenvalue weighted by Gasteiger charge is -2.25. The molecule has 1 aromatic rings. The van der Waals surface area contributed by atoms with Gasteiger partial charge in [0, 0.05) is 19.0 Å². The Kier molecular flexibility index (Phi) is 5.82. The van der Waals surface area contributed by atoms with Crippen LogP contribution >= 0.6 is 0 Å². The fourth-order valence-electron chi connectivity index (χ4n) is 1.85. The van der Waals surface area contributed by atoms with E-state index in [2.05, 4.69) is 22.3 Å². The maximum absolute atomic E-state index is 11.6. The smallest absolute Gasteiger partial charge is 0.221 e. The zero-order chi connectivity index (χ0) is 13.5. The van der Waals surface area contributed by atoms with Gasteiger partial charge < -0.3 is 16.0 Å². The van der Waals surface area contributed by atoms with Crippen LogP contribution in [-0.2, 0) is 4.79 Å². The van der Waals surface area contributed by atoms with E-state index in [1.54, 1.807) is 0 Å². The van der Waals surface area contributed by atoms with E-state index in [1.807, 2.05) is 39.2 Å². The summed E-state index contributed by atoms with van der Waals surface area (Å²) in [6.45, 7) is 2.43. The first kappa shape index (κ1) is 14.7. The summed E-state index contributed by atoms with van der Waals surface area (Å²) >= 11 is 0. The summed E-state index contributed by atoms with van der Waals surface area (Å²) in [5.74, 6) is 0.00720. The molecular weight excluding hydrogens is 226 g/mol. The van der Waals surface area contributed by atoms with Crippen LogP contribution in [0.3, 0.4) is 0 Å². The van der Waals surface area contributed by atoms with Gasteiger partial charge in [0.1, 0.15) is 0 Å². The lowest BCUT2D eigenvalue weighted by Crippen LogP contribution is -2.36. The predicted molar refractivity (Wildman–Crippen MR) is 74.1 cm³/mol. The number of rotatable bonds is 6. The molecule has 2 atom stereocenters. The number of carbonyl (C=O) groups is 1.